The van der Waals surface area contributed by atoms with Gasteiger partial charge in [-0.3, -0.25) is 14.2 Å². The summed E-state index contributed by atoms with van der Waals surface area (Å²) >= 11 is 0. The highest BCUT2D eigenvalue weighted by Gasteiger charge is 2.09. The Hall–Kier alpha value is -3.48. The first kappa shape index (κ1) is 17.0. The maximum atomic E-state index is 12.4. The van der Waals surface area contributed by atoms with E-state index in [0.29, 0.717) is 24.0 Å². The van der Waals surface area contributed by atoms with Crippen LogP contribution in [0.4, 0.5) is 0 Å². The summed E-state index contributed by atoms with van der Waals surface area (Å²) in [5.74, 6) is 0.677. The highest BCUT2D eigenvalue weighted by Crippen LogP contribution is 2.14. The van der Waals surface area contributed by atoms with Crippen LogP contribution in [-0.2, 0) is 17.9 Å². The standard InChI is InChI=1S/C20H19N5O2/c1-14-23-17-8-4-5-9-18(17)25(14)11-10-21-19(26)12-24-13-22-16-7-3-2-6-15(16)20(24)27/h2-9,13H,10-12H2,1H3,(H,21,26). The van der Waals surface area contributed by atoms with E-state index in [1.54, 1.807) is 18.2 Å². The number of nitrogens with one attached hydrogen (secondary N) is 1. The van der Waals surface area contributed by atoms with E-state index in [-0.39, 0.29) is 18.0 Å². The van der Waals surface area contributed by atoms with Gasteiger partial charge in [0.2, 0.25) is 5.91 Å². The van der Waals surface area contributed by atoms with E-state index in [1.807, 2.05) is 37.3 Å². The van der Waals surface area contributed by atoms with Crippen LogP contribution in [0.25, 0.3) is 21.9 Å². The predicted octanol–water partition coefficient (Wildman–Crippen LogP) is 1.87. The second kappa shape index (κ2) is 7.03. The molecule has 1 N–H and O–H groups in total. The van der Waals surface area contributed by atoms with E-state index in [1.165, 1.54) is 10.9 Å². The minimum Gasteiger partial charge on any atom is -0.353 e. The van der Waals surface area contributed by atoms with Crippen molar-refractivity contribution in [2.75, 3.05) is 6.54 Å². The van der Waals surface area contributed by atoms with E-state index in [0.717, 1.165) is 16.9 Å². The van der Waals surface area contributed by atoms with Crippen molar-refractivity contribution in [1.82, 2.24) is 24.4 Å². The second-order valence-electron chi connectivity index (χ2n) is 6.34. The molecule has 136 valence electrons. The minimum atomic E-state index is -0.226. The number of nitrogens with zero attached hydrogens (tertiary/aromatic N) is 4. The topological polar surface area (TPSA) is 81.8 Å². The van der Waals surface area contributed by atoms with Crippen molar-refractivity contribution >= 4 is 27.8 Å². The van der Waals surface area contributed by atoms with Gasteiger partial charge < -0.3 is 9.88 Å². The molecule has 0 saturated carbocycles. The van der Waals surface area contributed by atoms with Gasteiger partial charge in [0.05, 0.1) is 28.3 Å². The molecule has 0 bridgehead atoms. The Balaban J connectivity index is 1.42. The molecule has 2 heterocycles. The maximum Gasteiger partial charge on any atom is 0.261 e. The van der Waals surface area contributed by atoms with Crippen molar-refractivity contribution in [3.05, 3.63) is 71.0 Å². The Morgan fingerprint density at radius 2 is 1.81 bits per heavy atom. The molecule has 0 saturated heterocycles. The summed E-state index contributed by atoms with van der Waals surface area (Å²) in [7, 11) is 0. The molecule has 7 heteroatoms. The van der Waals surface area contributed by atoms with Crippen LogP contribution in [0.2, 0.25) is 0 Å². The Labute approximate surface area is 155 Å². The highest BCUT2D eigenvalue weighted by atomic mass is 16.2. The van der Waals surface area contributed by atoms with Gasteiger partial charge in [-0.25, -0.2) is 9.97 Å². The van der Waals surface area contributed by atoms with Crippen molar-refractivity contribution in [2.45, 2.75) is 20.0 Å². The molecule has 4 rings (SSSR count). The Morgan fingerprint density at radius 3 is 2.67 bits per heavy atom. The van der Waals surface area contributed by atoms with Crippen LogP contribution < -0.4 is 10.9 Å². The van der Waals surface area contributed by atoms with E-state index < -0.39 is 0 Å². The average molecular weight is 361 g/mol. The lowest BCUT2D eigenvalue weighted by Gasteiger charge is -2.10. The second-order valence-corrected chi connectivity index (χ2v) is 6.34. The Kier molecular flexibility index (Phi) is 4.42. The number of hydrogen-bond donors (Lipinski definition) is 1. The van der Waals surface area contributed by atoms with Crippen LogP contribution in [0.15, 0.2) is 59.7 Å². The third kappa shape index (κ3) is 3.31. The lowest BCUT2D eigenvalue weighted by atomic mass is 10.2. The van der Waals surface area contributed by atoms with Gasteiger partial charge >= 0.3 is 0 Å². The molecule has 1 amide bonds. The molecule has 0 aliphatic carbocycles. The summed E-state index contributed by atoms with van der Waals surface area (Å²) in [6.45, 7) is 2.96. The van der Waals surface area contributed by atoms with Crippen LogP contribution in [-0.4, -0.2) is 31.6 Å². The molecule has 0 atom stereocenters. The molecule has 0 aliphatic heterocycles. The average Bonchev–Trinajstić information content (AvgIpc) is 3.00. The van der Waals surface area contributed by atoms with Crippen molar-refractivity contribution in [3.63, 3.8) is 0 Å². The lowest BCUT2D eigenvalue weighted by molar-refractivity contribution is -0.121. The van der Waals surface area contributed by atoms with Crippen LogP contribution >= 0.6 is 0 Å². The van der Waals surface area contributed by atoms with Gasteiger partial charge in [-0.1, -0.05) is 24.3 Å². The fourth-order valence-electron chi connectivity index (χ4n) is 3.21. The van der Waals surface area contributed by atoms with E-state index in [9.17, 15) is 9.59 Å². The number of para-hydroxylation sites is 3. The van der Waals surface area contributed by atoms with Gasteiger partial charge in [-0.15, -0.1) is 0 Å². The molecule has 7 nitrogen and oxygen atoms in total. The van der Waals surface area contributed by atoms with E-state index >= 15 is 0 Å². The summed E-state index contributed by atoms with van der Waals surface area (Å²) in [4.78, 5) is 33.4. The van der Waals surface area contributed by atoms with Gasteiger partial charge in [-0.05, 0) is 31.2 Å². The molecular weight excluding hydrogens is 342 g/mol. The summed E-state index contributed by atoms with van der Waals surface area (Å²) in [6.07, 6.45) is 1.41. The van der Waals surface area contributed by atoms with Crippen molar-refractivity contribution in [3.8, 4) is 0 Å². The van der Waals surface area contributed by atoms with Gasteiger partial charge in [-0.2, -0.15) is 0 Å². The van der Waals surface area contributed by atoms with Crippen molar-refractivity contribution in [2.24, 2.45) is 0 Å². The first-order valence-corrected chi connectivity index (χ1v) is 8.76. The summed E-state index contributed by atoms with van der Waals surface area (Å²) in [6, 6.07) is 15.0. The zero-order chi connectivity index (χ0) is 18.8. The molecular formula is C20H19N5O2. The molecule has 0 aliphatic rings. The zero-order valence-corrected chi connectivity index (χ0v) is 14.9. The molecule has 2 aromatic heterocycles. The smallest absolute Gasteiger partial charge is 0.261 e. The number of imidazole rings is 1. The maximum absolute atomic E-state index is 12.4. The molecule has 0 fully saturated rings. The number of amides is 1. The third-order valence-electron chi connectivity index (χ3n) is 4.55. The highest BCUT2D eigenvalue weighted by molar-refractivity contribution is 5.79. The first-order valence-electron chi connectivity index (χ1n) is 8.76. The van der Waals surface area contributed by atoms with Crippen LogP contribution in [0.3, 0.4) is 0 Å². The fourth-order valence-corrected chi connectivity index (χ4v) is 3.21. The third-order valence-corrected chi connectivity index (χ3v) is 4.55. The molecule has 0 unspecified atom stereocenters. The quantitative estimate of drug-likeness (QED) is 0.588. The SMILES string of the molecule is Cc1nc2ccccc2n1CCNC(=O)Cn1cnc2ccccc2c1=O. The number of rotatable bonds is 5. The number of aromatic nitrogens is 4. The molecule has 4 aromatic rings. The number of carbonyl (C=O) groups is 1. The van der Waals surface area contributed by atoms with Crippen LogP contribution in [0.1, 0.15) is 5.82 Å². The monoisotopic (exact) mass is 361 g/mol. The molecule has 0 radical (unpaired) electrons. The number of fused-ring (bicyclic) bond motifs is 2. The summed E-state index contributed by atoms with van der Waals surface area (Å²) in [5.41, 5.74) is 2.39. The van der Waals surface area contributed by atoms with Crippen LogP contribution in [0, 0.1) is 6.92 Å². The van der Waals surface area contributed by atoms with Gasteiger partial charge in [0.15, 0.2) is 0 Å². The van der Waals surface area contributed by atoms with E-state index in [2.05, 4.69) is 19.9 Å². The number of aryl methyl sites for hydroxylation is 1. The molecule has 0 spiro atoms. The minimum absolute atomic E-state index is 0.0552. The van der Waals surface area contributed by atoms with Crippen molar-refractivity contribution < 1.29 is 4.79 Å². The van der Waals surface area contributed by atoms with Gasteiger partial charge in [0, 0.05) is 13.1 Å². The van der Waals surface area contributed by atoms with Crippen molar-refractivity contribution in [1.29, 1.82) is 0 Å². The number of carbonyl (C=O) groups excluding carboxylic acids is 1. The largest absolute Gasteiger partial charge is 0.353 e. The molecule has 27 heavy (non-hydrogen) atoms. The van der Waals surface area contributed by atoms with Gasteiger partial charge in [0.25, 0.3) is 5.56 Å². The normalized spacial score (nSPS) is 11.1. The summed E-state index contributed by atoms with van der Waals surface area (Å²) in [5, 5.41) is 3.37. The Morgan fingerprint density at radius 1 is 1.07 bits per heavy atom. The fraction of sp³-hybridized carbons (Fsp3) is 0.200. The zero-order valence-electron chi connectivity index (χ0n) is 14.9. The van der Waals surface area contributed by atoms with E-state index in [4.69, 9.17) is 0 Å². The lowest BCUT2D eigenvalue weighted by Crippen LogP contribution is -2.34. The number of hydrogen-bond acceptors (Lipinski definition) is 4. The van der Waals surface area contributed by atoms with Crippen LogP contribution in [0.5, 0.6) is 0 Å². The first-order chi connectivity index (χ1) is 13.1. The predicted molar refractivity (Wildman–Crippen MR) is 103 cm³/mol. The molecule has 2 aromatic carbocycles. The Bertz CT molecular complexity index is 1190. The summed E-state index contributed by atoms with van der Waals surface area (Å²) < 4.78 is 3.40. The van der Waals surface area contributed by atoms with Gasteiger partial charge in [0.1, 0.15) is 12.4 Å². The number of benzene rings is 2.